The monoisotopic (exact) mass is 233 g/mol. The molecule has 0 unspecified atom stereocenters. The molecule has 2 nitrogen and oxygen atoms in total. The Morgan fingerprint density at radius 2 is 2.19 bits per heavy atom. The summed E-state index contributed by atoms with van der Waals surface area (Å²) in [7, 11) is 0. The first kappa shape index (κ1) is 12.2. The van der Waals surface area contributed by atoms with Crippen LogP contribution < -0.4 is 5.32 Å². The molecule has 0 aromatic rings. The first-order valence-corrected chi connectivity index (χ1v) is 6.26. The van der Waals surface area contributed by atoms with E-state index in [0.29, 0.717) is 12.0 Å². The third kappa shape index (κ3) is 3.14. The van der Waals surface area contributed by atoms with Crippen LogP contribution in [-0.2, 0) is 4.74 Å². The number of nitrogens with one attached hydrogen (secondary N) is 1. The largest absolute Gasteiger partial charge is 0.381 e. The van der Waals surface area contributed by atoms with Crippen LogP contribution in [0.4, 0.5) is 8.78 Å². The van der Waals surface area contributed by atoms with Crippen molar-refractivity contribution in [3.8, 4) is 0 Å². The molecule has 0 amide bonds. The van der Waals surface area contributed by atoms with Crippen molar-refractivity contribution >= 4 is 0 Å². The van der Waals surface area contributed by atoms with Crippen LogP contribution >= 0.6 is 0 Å². The zero-order valence-corrected chi connectivity index (χ0v) is 9.85. The summed E-state index contributed by atoms with van der Waals surface area (Å²) in [5.74, 6) is -1.67. The first-order valence-electron chi connectivity index (χ1n) is 6.26. The van der Waals surface area contributed by atoms with E-state index >= 15 is 0 Å². The molecule has 1 heterocycles. The summed E-state index contributed by atoms with van der Waals surface area (Å²) in [6.45, 7) is 4.55. The summed E-state index contributed by atoms with van der Waals surface area (Å²) in [6.07, 6.45) is 2.44. The molecule has 1 N–H and O–H groups in total. The Morgan fingerprint density at radius 3 is 2.75 bits per heavy atom. The quantitative estimate of drug-likeness (QED) is 0.805. The lowest BCUT2D eigenvalue weighted by atomic mass is 9.81. The van der Waals surface area contributed by atoms with Crippen LogP contribution in [0.15, 0.2) is 0 Å². The molecule has 1 saturated heterocycles. The molecule has 2 atom stereocenters. The number of alkyl halides is 2. The van der Waals surface area contributed by atoms with Crippen LogP contribution in [-0.4, -0.2) is 31.7 Å². The molecule has 0 bridgehead atoms. The molecule has 0 aromatic heterocycles. The maximum atomic E-state index is 12.6. The summed E-state index contributed by atoms with van der Waals surface area (Å²) in [5, 5.41) is 3.38. The maximum absolute atomic E-state index is 12.6. The first-order chi connectivity index (χ1) is 7.57. The van der Waals surface area contributed by atoms with Gasteiger partial charge in [0.25, 0.3) is 0 Å². The lowest BCUT2D eigenvalue weighted by Gasteiger charge is -2.37. The fourth-order valence-corrected chi connectivity index (χ4v) is 2.61. The van der Waals surface area contributed by atoms with Crippen molar-refractivity contribution < 1.29 is 13.5 Å². The molecule has 1 aliphatic carbocycles. The molecule has 2 rings (SSSR count). The molecule has 4 heteroatoms. The summed E-state index contributed by atoms with van der Waals surface area (Å²) in [4.78, 5) is 0. The van der Waals surface area contributed by atoms with E-state index in [1.807, 2.05) is 0 Å². The third-order valence-electron chi connectivity index (χ3n) is 3.81. The predicted molar refractivity (Wildman–Crippen MR) is 58.7 cm³/mol. The van der Waals surface area contributed by atoms with Crippen molar-refractivity contribution in [2.24, 2.45) is 11.8 Å². The smallest absolute Gasteiger partial charge is 0.248 e. The van der Waals surface area contributed by atoms with Crippen LogP contribution in [0.3, 0.4) is 0 Å². The second-order valence-corrected chi connectivity index (χ2v) is 5.30. The molecule has 16 heavy (non-hydrogen) atoms. The van der Waals surface area contributed by atoms with E-state index in [0.717, 1.165) is 26.2 Å². The molecular formula is C12H21F2NO. The van der Waals surface area contributed by atoms with Crippen molar-refractivity contribution in [1.82, 2.24) is 5.32 Å². The van der Waals surface area contributed by atoms with E-state index in [4.69, 9.17) is 4.74 Å². The van der Waals surface area contributed by atoms with Crippen LogP contribution in [0.5, 0.6) is 0 Å². The van der Waals surface area contributed by atoms with E-state index in [1.54, 1.807) is 0 Å². The number of halogens is 2. The highest BCUT2D eigenvalue weighted by molar-refractivity contribution is 4.88. The van der Waals surface area contributed by atoms with E-state index in [-0.39, 0.29) is 18.8 Å². The minimum atomic E-state index is -2.39. The molecule has 0 aromatic carbocycles. The molecular weight excluding hydrogens is 212 g/mol. The lowest BCUT2D eigenvalue weighted by Crippen LogP contribution is -2.45. The molecule has 0 spiro atoms. The highest BCUT2D eigenvalue weighted by atomic mass is 19.3. The number of rotatable bonds is 4. The molecule has 1 saturated carbocycles. The van der Waals surface area contributed by atoms with E-state index in [2.05, 4.69) is 12.2 Å². The number of ether oxygens (including phenoxy) is 1. The number of hydrogen-bond donors (Lipinski definition) is 1. The van der Waals surface area contributed by atoms with Crippen LogP contribution in [0.1, 0.15) is 32.6 Å². The van der Waals surface area contributed by atoms with Gasteiger partial charge < -0.3 is 10.1 Å². The van der Waals surface area contributed by atoms with Crippen LogP contribution in [0.25, 0.3) is 0 Å². The van der Waals surface area contributed by atoms with Gasteiger partial charge in [0.1, 0.15) is 0 Å². The topological polar surface area (TPSA) is 21.3 Å². The second kappa shape index (κ2) is 4.96. The summed E-state index contributed by atoms with van der Waals surface area (Å²) < 4.78 is 30.7. The maximum Gasteiger partial charge on any atom is 0.248 e. The van der Waals surface area contributed by atoms with Crippen molar-refractivity contribution in [1.29, 1.82) is 0 Å². The fraction of sp³-hybridized carbons (Fsp3) is 1.00. The van der Waals surface area contributed by atoms with Crippen molar-refractivity contribution in [3.63, 3.8) is 0 Å². The zero-order chi connectivity index (χ0) is 11.6. The Hall–Kier alpha value is -0.220. The summed E-state index contributed by atoms with van der Waals surface area (Å²) in [5.41, 5.74) is 0. The SMILES string of the molecule is C[C@@H](NCC1CC(F)(F)C1)[C@@H]1CCCOC1. The second-order valence-electron chi connectivity index (χ2n) is 5.30. The predicted octanol–water partition coefficient (Wildman–Crippen LogP) is 2.44. The van der Waals surface area contributed by atoms with Gasteiger partial charge in [0.05, 0.1) is 6.61 Å². The molecule has 94 valence electrons. The van der Waals surface area contributed by atoms with Gasteiger partial charge >= 0.3 is 0 Å². The molecule has 2 fully saturated rings. The summed E-state index contributed by atoms with van der Waals surface area (Å²) in [6, 6.07) is 0.384. The Bertz CT molecular complexity index is 221. The number of hydrogen-bond acceptors (Lipinski definition) is 2. The van der Waals surface area contributed by atoms with E-state index < -0.39 is 5.92 Å². The third-order valence-corrected chi connectivity index (χ3v) is 3.81. The van der Waals surface area contributed by atoms with E-state index in [1.165, 1.54) is 6.42 Å². The fourth-order valence-electron chi connectivity index (χ4n) is 2.61. The Labute approximate surface area is 95.7 Å². The van der Waals surface area contributed by atoms with Gasteiger partial charge in [-0.2, -0.15) is 0 Å². The van der Waals surface area contributed by atoms with Gasteiger partial charge in [-0.15, -0.1) is 0 Å². The van der Waals surface area contributed by atoms with Gasteiger partial charge in [0.15, 0.2) is 0 Å². The normalized spacial score (nSPS) is 32.1. The Morgan fingerprint density at radius 1 is 1.44 bits per heavy atom. The Balaban J connectivity index is 1.62. The van der Waals surface area contributed by atoms with Gasteiger partial charge in [-0.1, -0.05) is 0 Å². The minimum Gasteiger partial charge on any atom is -0.381 e. The average Bonchev–Trinajstić information content (AvgIpc) is 2.24. The molecule has 1 aliphatic heterocycles. The Kier molecular flexibility index (Phi) is 3.80. The zero-order valence-electron chi connectivity index (χ0n) is 9.85. The van der Waals surface area contributed by atoms with Gasteiger partial charge in [-0.05, 0) is 38.1 Å². The minimum absolute atomic E-state index is 0.0634. The standard InChI is InChI=1S/C12H21F2NO/c1-9(11-3-2-4-16-8-11)15-7-10-5-12(13,14)6-10/h9-11,15H,2-8H2,1H3/t9-,11-/m1/s1. The van der Waals surface area contributed by atoms with Crippen molar-refractivity contribution in [2.45, 2.75) is 44.6 Å². The van der Waals surface area contributed by atoms with Gasteiger partial charge in [-0.3, -0.25) is 0 Å². The van der Waals surface area contributed by atoms with Gasteiger partial charge in [0.2, 0.25) is 5.92 Å². The molecule has 0 radical (unpaired) electrons. The molecule has 2 aliphatic rings. The lowest BCUT2D eigenvalue weighted by molar-refractivity contribution is -0.110. The van der Waals surface area contributed by atoms with Gasteiger partial charge in [0, 0.05) is 25.5 Å². The highest BCUT2D eigenvalue weighted by Gasteiger charge is 2.44. The highest BCUT2D eigenvalue weighted by Crippen LogP contribution is 2.41. The van der Waals surface area contributed by atoms with E-state index in [9.17, 15) is 8.78 Å². The summed E-state index contributed by atoms with van der Waals surface area (Å²) >= 11 is 0. The van der Waals surface area contributed by atoms with Crippen LogP contribution in [0, 0.1) is 11.8 Å². The average molecular weight is 233 g/mol. The van der Waals surface area contributed by atoms with Crippen molar-refractivity contribution in [3.05, 3.63) is 0 Å². The van der Waals surface area contributed by atoms with Crippen LogP contribution in [0.2, 0.25) is 0 Å². The van der Waals surface area contributed by atoms with Gasteiger partial charge in [-0.25, -0.2) is 8.78 Å². The van der Waals surface area contributed by atoms with Crippen molar-refractivity contribution in [2.75, 3.05) is 19.8 Å².